The molecule has 0 unspecified atom stereocenters. The Morgan fingerprint density at radius 1 is 0.429 bits per heavy atom. The van der Waals surface area contributed by atoms with Crippen molar-refractivity contribution in [3.05, 3.63) is 152 Å². The summed E-state index contributed by atoms with van der Waals surface area (Å²) in [4.78, 5) is 15.7. The van der Waals surface area contributed by atoms with Crippen LogP contribution >= 0.6 is 0 Å². The van der Waals surface area contributed by atoms with E-state index in [2.05, 4.69) is 147 Å². The van der Waals surface area contributed by atoms with Crippen LogP contribution < -0.4 is 10.4 Å². The summed E-state index contributed by atoms with van der Waals surface area (Å²) in [6.07, 6.45) is 0. The van der Waals surface area contributed by atoms with E-state index in [-0.39, 0.29) is 0 Å². The molecule has 0 radical (unpaired) electrons. The molecule has 0 fully saturated rings. The van der Waals surface area contributed by atoms with E-state index in [4.69, 9.17) is 15.0 Å². The molecule has 0 bridgehead atoms. The number of rotatable bonds is 3. The van der Waals surface area contributed by atoms with Crippen LogP contribution in [0, 0.1) is 0 Å². The second-order valence-electron chi connectivity index (χ2n) is 13.6. The van der Waals surface area contributed by atoms with Crippen molar-refractivity contribution < 1.29 is 0 Å². The number of hydrogen-bond donors (Lipinski definition) is 0. The second kappa shape index (κ2) is 10.5. The van der Waals surface area contributed by atoms with Crippen LogP contribution in [0.3, 0.4) is 0 Å². The highest BCUT2D eigenvalue weighted by molar-refractivity contribution is 7.05. The summed E-state index contributed by atoms with van der Waals surface area (Å²) in [6.45, 7) is 4.97. The summed E-state index contributed by atoms with van der Waals surface area (Å²) < 4.78 is 0. The number of aromatic nitrogens is 3. The minimum absolute atomic E-state index is 0.917. The molecule has 9 aromatic rings. The first-order chi connectivity index (χ1) is 24.0. The third-order valence-corrected chi connectivity index (χ3v) is 14.0. The van der Waals surface area contributed by atoms with Crippen molar-refractivity contribution in [2.75, 3.05) is 0 Å². The molecule has 49 heavy (non-hydrogen) atoms. The van der Waals surface area contributed by atoms with E-state index in [0.717, 1.165) is 61.1 Å². The number of hydrogen-bond acceptors (Lipinski definition) is 3. The Morgan fingerprint density at radius 3 is 1.71 bits per heavy atom. The lowest BCUT2D eigenvalue weighted by atomic mass is 9.96. The third kappa shape index (κ3) is 4.24. The maximum absolute atomic E-state index is 5.39. The van der Waals surface area contributed by atoms with Crippen molar-refractivity contribution in [1.29, 1.82) is 0 Å². The maximum atomic E-state index is 5.39. The molecule has 4 heteroatoms. The fourth-order valence-electron chi connectivity index (χ4n) is 8.03. The summed E-state index contributed by atoms with van der Waals surface area (Å²) in [6, 6.07) is 54.2. The van der Waals surface area contributed by atoms with Crippen molar-refractivity contribution in [3.63, 3.8) is 0 Å². The zero-order chi connectivity index (χ0) is 32.7. The van der Waals surface area contributed by atoms with Gasteiger partial charge < -0.3 is 0 Å². The van der Waals surface area contributed by atoms with E-state index in [1.54, 1.807) is 0 Å². The van der Waals surface area contributed by atoms with E-state index < -0.39 is 8.07 Å². The highest BCUT2D eigenvalue weighted by Gasteiger charge is 2.39. The molecule has 0 N–H and O–H groups in total. The Bertz CT molecular complexity index is 2790. The zero-order valence-corrected chi connectivity index (χ0v) is 28.3. The smallest absolute Gasteiger partial charge is 0.114 e. The molecule has 230 valence electrons. The average molecular weight is 642 g/mol. The molecular formula is C45H31N3Si. The standard InChI is InChI=1S/C45H31N3Si/c1-49(2)40-15-9-8-12-33(40)36-24-27-39-41(45(36)49)34-13-6-7-14-35(34)42(48-39)30-18-16-29(17-19-30)38-26-23-32-21-20-31-22-25-37(28-10-4-3-5-11-28)46-43(31)44(32)47-38/h3-27H,1-2H3. The van der Waals surface area contributed by atoms with E-state index in [1.807, 2.05) is 18.2 Å². The van der Waals surface area contributed by atoms with E-state index in [1.165, 1.54) is 37.7 Å². The summed E-state index contributed by atoms with van der Waals surface area (Å²) >= 11 is 0. The van der Waals surface area contributed by atoms with Gasteiger partial charge in [0.05, 0.1) is 33.6 Å². The molecule has 0 aliphatic carbocycles. The Morgan fingerprint density at radius 2 is 1.00 bits per heavy atom. The van der Waals surface area contributed by atoms with E-state index in [9.17, 15) is 0 Å². The summed E-state index contributed by atoms with van der Waals surface area (Å²) in [5.41, 5.74) is 11.8. The molecule has 0 saturated heterocycles. The van der Waals surface area contributed by atoms with Gasteiger partial charge in [0, 0.05) is 38.2 Å². The minimum atomic E-state index is -1.91. The predicted molar refractivity (Wildman–Crippen MR) is 208 cm³/mol. The lowest BCUT2D eigenvalue weighted by molar-refractivity contribution is 1.36. The van der Waals surface area contributed by atoms with Crippen LogP contribution in [0.2, 0.25) is 13.1 Å². The summed E-state index contributed by atoms with van der Waals surface area (Å²) in [7, 11) is -1.91. The lowest BCUT2D eigenvalue weighted by Crippen LogP contribution is -2.49. The first-order valence-electron chi connectivity index (χ1n) is 16.9. The third-order valence-electron chi connectivity index (χ3n) is 10.4. The lowest BCUT2D eigenvalue weighted by Gasteiger charge is -2.22. The fourth-order valence-corrected chi connectivity index (χ4v) is 11.5. The number of benzene rings is 6. The SMILES string of the molecule is C[Si]1(C)c2ccccc2-c2ccc3nc(-c4ccc(-c5ccc6ccc7ccc(-c8ccccc8)nc7c6n5)cc4)c4ccccc4c3c21. The Labute approximate surface area is 285 Å². The first-order valence-corrected chi connectivity index (χ1v) is 19.9. The van der Waals surface area contributed by atoms with Crippen LogP contribution in [0.15, 0.2) is 152 Å². The van der Waals surface area contributed by atoms with E-state index >= 15 is 0 Å². The van der Waals surface area contributed by atoms with Crippen LogP contribution in [-0.2, 0) is 0 Å². The average Bonchev–Trinajstić information content (AvgIpc) is 3.40. The van der Waals surface area contributed by atoms with Gasteiger partial charge in [-0.2, -0.15) is 0 Å². The van der Waals surface area contributed by atoms with Crippen LogP contribution in [-0.4, -0.2) is 23.0 Å². The van der Waals surface area contributed by atoms with Crippen molar-refractivity contribution in [2.45, 2.75) is 13.1 Å². The van der Waals surface area contributed by atoms with Crippen LogP contribution in [0.1, 0.15) is 0 Å². The Balaban J connectivity index is 1.09. The molecule has 0 saturated carbocycles. The predicted octanol–water partition coefficient (Wildman–Crippen LogP) is 10.3. The van der Waals surface area contributed by atoms with Crippen molar-refractivity contribution in [3.8, 4) is 44.9 Å². The normalized spacial score (nSPS) is 13.3. The molecule has 3 aromatic heterocycles. The topological polar surface area (TPSA) is 38.7 Å². The zero-order valence-electron chi connectivity index (χ0n) is 27.3. The van der Waals surface area contributed by atoms with Crippen molar-refractivity contribution >= 4 is 61.9 Å². The molecule has 0 atom stereocenters. The first kappa shape index (κ1) is 28.1. The second-order valence-corrected chi connectivity index (χ2v) is 17.9. The van der Waals surface area contributed by atoms with Gasteiger partial charge in [-0.25, -0.2) is 15.0 Å². The highest BCUT2D eigenvalue weighted by Crippen LogP contribution is 2.38. The van der Waals surface area contributed by atoms with E-state index in [0.29, 0.717) is 0 Å². The number of fused-ring (bicyclic) bond motifs is 10. The molecule has 1 aliphatic rings. The molecule has 0 amide bonds. The Kier molecular flexibility index (Phi) is 6.02. The van der Waals surface area contributed by atoms with Gasteiger partial charge in [-0.15, -0.1) is 0 Å². The fraction of sp³-hybridized carbons (Fsp3) is 0.0444. The van der Waals surface area contributed by atoms with Crippen LogP contribution in [0.4, 0.5) is 0 Å². The van der Waals surface area contributed by atoms with Gasteiger partial charge >= 0.3 is 0 Å². The minimum Gasteiger partial charge on any atom is -0.247 e. The summed E-state index contributed by atoms with van der Waals surface area (Å²) in [5.74, 6) is 0. The molecule has 0 spiro atoms. The molecule has 1 aliphatic heterocycles. The van der Waals surface area contributed by atoms with Crippen molar-refractivity contribution in [2.24, 2.45) is 0 Å². The maximum Gasteiger partial charge on any atom is 0.114 e. The van der Waals surface area contributed by atoms with Crippen LogP contribution in [0.25, 0.3) is 88.4 Å². The van der Waals surface area contributed by atoms with Gasteiger partial charge in [-0.3, -0.25) is 0 Å². The monoisotopic (exact) mass is 641 g/mol. The van der Waals surface area contributed by atoms with Gasteiger partial charge in [-0.05, 0) is 45.1 Å². The molecule has 3 nitrogen and oxygen atoms in total. The van der Waals surface area contributed by atoms with Gasteiger partial charge in [0.1, 0.15) is 8.07 Å². The van der Waals surface area contributed by atoms with Crippen LogP contribution in [0.5, 0.6) is 0 Å². The van der Waals surface area contributed by atoms with Crippen molar-refractivity contribution in [1.82, 2.24) is 15.0 Å². The molecule has 10 rings (SSSR count). The van der Waals surface area contributed by atoms with Gasteiger partial charge in [0.15, 0.2) is 0 Å². The van der Waals surface area contributed by atoms with Gasteiger partial charge in [0.2, 0.25) is 0 Å². The highest BCUT2D eigenvalue weighted by atomic mass is 28.3. The largest absolute Gasteiger partial charge is 0.247 e. The molecular weight excluding hydrogens is 611 g/mol. The quantitative estimate of drug-likeness (QED) is 0.142. The number of pyridine rings is 3. The molecule has 6 aromatic carbocycles. The molecule has 4 heterocycles. The number of nitrogens with zero attached hydrogens (tertiary/aromatic N) is 3. The summed E-state index contributed by atoms with van der Waals surface area (Å²) in [5, 5.41) is 8.98. The Hall–Kier alpha value is -5.97. The van der Waals surface area contributed by atoms with Gasteiger partial charge in [-0.1, -0.05) is 147 Å². The van der Waals surface area contributed by atoms with Gasteiger partial charge in [0.25, 0.3) is 0 Å².